The van der Waals surface area contributed by atoms with Crippen LogP contribution in [0.15, 0.2) is 78.9 Å². The smallest absolute Gasteiger partial charge is 0.258 e. The Hall–Kier alpha value is -2.49. The van der Waals surface area contributed by atoms with Gasteiger partial charge in [-0.25, -0.2) is 0 Å². The summed E-state index contributed by atoms with van der Waals surface area (Å²) in [6.45, 7) is -0.132. The number of benzene rings is 3. The fourth-order valence-corrected chi connectivity index (χ4v) is 3.12. The van der Waals surface area contributed by atoms with Crippen molar-refractivity contribution < 1.29 is 9.53 Å². The summed E-state index contributed by atoms with van der Waals surface area (Å²) in [5.41, 5.74) is 2.00. The maximum atomic E-state index is 12.4. The van der Waals surface area contributed by atoms with Crippen LogP contribution in [0.1, 0.15) is 17.2 Å². The molecule has 132 valence electrons. The highest BCUT2D eigenvalue weighted by atomic mass is 35.5. The van der Waals surface area contributed by atoms with Gasteiger partial charge in [-0.15, -0.1) is 0 Å². The number of amides is 1. The van der Waals surface area contributed by atoms with Crippen molar-refractivity contribution in [1.82, 2.24) is 5.32 Å². The van der Waals surface area contributed by atoms with E-state index in [9.17, 15) is 4.79 Å². The lowest BCUT2D eigenvalue weighted by Gasteiger charge is -2.20. The van der Waals surface area contributed by atoms with Crippen LogP contribution in [0.2, 0.25) is 10.0 Å². The van der Waals surface area contributed by atoms with Gasteiger partial charge in [0.05, 0.1) is 6.04 Å². The van der Waals surface area contributed by atoms with Gasteiger partial charge in [-0.3, -0.25) is 4.79 Å². The molecule has 0 fully saturated rings. The highest BCUT2D eigenvalue weighted by molar-refractivity contribution is 6.34. The maximum Gasteiger partial charge on any atom is 0.258 e. The van der Waals surface area contributed by atoms with Gasteiger partial charge < -0.3 is 10.1 Å². The second-order valence-electron chi connectivity index (χ2n) is 5.72. The van der Waals surface area contributed by atoms with E-state index in [-0.39, 0.29) is 18.6 Å². The largest absolute Gasteiger partial charge is 0.484 e. The number of nitrogens with one attached hydrogen (secondary N) is 1. The molecule has 0 unspecified atom stereocenters. The molecule has 0 aromatic heterocycles. The Labute approximate surface area is 162 Å². The van der Waals surface area contributed by atoms with Gasteiger partial charge >= 0.3 is 0 Å². The minimum absolute atomic E-state index is 0.132. The van der Waals surface area contributed by atoms with Crippen molar-refractivity contribution in [3.8, 4) is 5.75 Å². The number of rotatable bonds is 6. The second kappa shape index (κ2) is 8.75. The van der Waals surface area contributed by atoms with E-state index in [2.05, 4.69) is 5.32 Å². The minimum Gasteiger partial charge on any atom is -0.484 e. The van der Waals surface area contributed by atoms with Crippen LogP contribution in [0, 0.1) is 0 Å². The number of carbonyl (C=O) groups excluding carboxylic acids is 1. The van der Waals surface area contributed by atoms with Gasteiger partial charge in [-0.2, -0.15) is 0 Å². The maximum absolute atomic E-state index is 12.4. The first kappa shape index (κ1) is 18.3. The zero-order chi connectivity index (χ0) is 18.4. The van der Waals surface area contributed by atoms with Crippen LogP contribution in [0.5, 0.6) is 5.75 Å². The topological polar surface area (TPSA) is 38.3 Å². The number of carbonyl (C=O) groups is 1. The highest BCUT2D eigenvalue weighted by Crippen LogP contribution is 2.24. The standard InChI is InChI=1S/C21H17Cl2NO2/c22-17-11-18(23)13-19(12-17)26-14-20(25)24-21(15-7-3-1-4-8-15)16-9-5-2-6-10-16/h1-13,21H,14H2,(H,24,25). The van der Waals surface area contributed by atoms with Crippen molar-refractivity contribution in [2.45, 2.75) is 6.04 Å². The van der Waals surface area contributed by atoms with Crippen LogP contribution in [0.25, 0.3) is 0 Å². The summed E-state index contributed by atoms with van der Waals surface area (Å²) >= 11 is 11.9. The molecule has 0 heterocycles. The molecule has 3 rings (SSSR count). The molecule has 3 aromatic carbocycles. The molecule has 0 aliphatic rings. The summed E-state index contributed by atoms with van der Waals surface area (Å²) in [6.07, 6.45) is 0. The molecule has 0 radical (unpaired) electrons. The van der Waals surface area contributed by atoms with Crippen LogP contribution in [-0.2, 0) is 4.79 Å². The average molecular weight is 386 g/mol. The summed E-state index contributed by atoms with van der Waals surface area (Å²) in [7, 11) is 0. The van der Waals surface area contributed by atoms with E-state index in [4.69, 9.17) is 27.9 Å². The third-order valence-corrected chi connectivity index (χ3v) is 4.21. The van der Waals surface area contributed by atoms with Crippen molar-refractivity contribution in [1.29, 1.82) is 0 Å². The third-order valence-electron chi connectivity index (χ3n) is 3.78. The lowest BCUT2D eigenvalue weighted by Crippen LogP contribution is -2.33. The Morgan fingerprint density at radius 3 is 1.85 bits per heavy atom. The summed E-state index contributed by atoms with van der Waals surface area (Å²) in [5, 5.41) is 3.93. The van der Waals surface area contributed by atoms with E-state index < -0.39 is 0 Å². The number of ether oxygens (including phenoxy) is 1. The number of hydrogen-bond donors (Lipinski definition) is 1. The molecule has 0 saturated carbocycles. The molecule has 1 amide bonds. The molecule has 0 atom stereocenters. The zero-order valence-electron chi connectivity index (χ0n) is 13.9. The Morgan fingerprint density at radius 1 is 0.846 bits per heavy atom. The predicted octanol–water partition coefficient (Wildman–Crippen LogP) is 5.28. The summed E-state index contributed by atoms with van der Waals surface area (Å²) < 4.78 is 5.52. The lowest BCUT2D eigenvalue weighted by atomic mass is 9.99. The SMILES string of the molecule is O=C(COc1cc(Cl)cc(Cl)c1)NC(c1ccccc1)c1ccccc1. The van der Waals surface area contributed by atoms with E-state index in [0.717, 1.165) is 11.1 Å². The van der Waals surface area contributed by atoms with Crippen LogP contribution in [0.3, 0.4) is 0 Å². The molecule has 5 heteroatoms. The van der Waals surface area contributed by atoms with E-state index >= 15 is 0 Å². The van der Waals surface area contributed by atoms with Gasteiger partial charge in [-0.1, -0.05) is 83.9 Å². The van der Waals surface area contributed by atoms with Crippen LogP contribution >= 0.6 is 23.2 Å². The first-order valence-electron chi connectivity index (χ1n) is 8.10. The van der Waals surface area contributed by atoms with Gasteiger partial charge in [0.1, 0.15) is 5.75 Å². The van der Waals surface area contributed by atoms with E-state index in [1.165, 1.54) is 0 Å². The molecule has 0 saturated heterocycles. The molecule has 0 spiro atoms. The summed E-state index contributed by atoms with van der Waals surface area (Å²) in [6, 6.07) is 24.2. The monoisotopic (exact) mass is 385 g/mol. The molecule has 0 bridgehead atoms. The predicted molar refractivity (Wildman–Crippen MR) is 105 cm³/mol. The van der Waals surface area contributed by atoms with Gasteiger partial charge in [0.2, 0.25) is 0 Å². The molecule has 3 nitrogen and oxygen atoms in total. The Kier molecular flexibility index (Phi) is 6.16. The van der Waals surface area contributed by atoms with Gasteiger partial charge in [0, 0.05) is 10.0 Å². The van der Waals surface area contributed by atoms with Crippen LogP contribution < -0.4 is 10.1 Å². The molecule has 3 aromatic rings. The fourth-order valence-electron chi connectivity index (χ4n) is 2.61. The van der Waals surface area contributed by atoms with Crippen molar-refractivity contribution in [3.63, 3.8) is 0 Å². The van der Waals surface area contributed by atoms with Gasteiger partial charge in [0.15, 0.2) is 6.61 Å². The fraction of sp³-hybridized carbons (Fsp3) is 0.0952. The van der Waals surface area contributed by atoms with E-state index in [1.54, 1.807) is 18.2 Å². The number of halogens is 2. The van der Waals surface area contributed by atoms with E-state index in [1.807, 2.05) is 60.7 Å². The van der Waals surface area contributed by atoms with Crippen LogP contribution in [-0.4, -0.2) is 12.5 Å². The molecule has 1 N–H and O–H groups in total. The molecule has 0 aliphatic carbocycles. The summed E-state index contributed by atoms with van der Waals surface area (Å²) in [5.74, 6) is 0.215. The highest BCUT2D eigenvalue weighted by Gasteiger charge is 2.17. The third kappa shape index (κ3) is 5.01. The Bertz CT molecular complexity index is 810. The molecular weight excluding hydrogens is 369 g/mol. The molecule has 26 heavy (non-hydrogen) atoms. The van der Waals surface area contributed by atoms with E-state index in [0.29, 0.717) is 15.8 Å². The second-order valence-corrected chi connectivity index (χ2v) is 6.59. The Morgan fingerprint density at radius 2 is 1.35 bits per heavy atom. The molecule has 0 aliphatic heterocycles. The lowest BCUT2D eigenvalue weighted by molar-refractivity contribution is -0.123. The Balaban J connectivity index is 1.71. The number of hydrogen-bond acceptors (Lipinski definition) is 2. The summed E-state index contributed by atoms with van der Waals surface area (Å²) in [4.78, 5) is 12.4. The van der Waals surface area contributed by atoms with Crippen molar-refractivity contribution in [2.24, 2.45) is 0 Å². The van der Waals surface area contributed by atoms with Crippen molar-refractivity contribution in [3.05, 3.63) is 100 Å². The zero-order valence-corrected chi connectivity index (χ0v) is 15.4. The van der Waals surface area contributed by atoms with Crippen molar-refractivity contribution >= 4 is 29.1 Å². The van der Waals surface area contributed by atoms with Gasteiger partial charge in [0.25, 0.3) is 5.91 Å². The minimum atomic E-state index is -0.253. The average Bonchev–Trinajstić information content (AvgIpc) is 2.65. The first-order chi connectivity index (χ1) is 12.6. The molecular formula is C21H17Cl2NO2. The van der Waals surface area contributed by atoms with Gasteiger partial charge in [-0.05, 0) is 29.3 Å². The quantitative estimate of drug-likeness (QED) is 0.626. The normalized spacial score (nSPS) is 10.6. The first-order valence-corrected chi connectivity index (χ1v) is 8.85. The van der Waals surface area contributed by atoms with Crippen molar-refractivity contribution in [2.75, 3.05) is 6.61 Å². The van der Waals surface area contributed by atoms with Crippen LogP contribution in [0.4, 0.5) is 0 Å².